The van der Waals surface area contributed by atoms with Crippen molar-refractivity contribution in [1.29, 1.82) is 0 Å². The number of nitro groups is 1. The number of carbonyl (C=O) groups excluding carboxylic acids is 1. The van der Waals surface area contributed by atoms with Crippen molar-refractivity contribution in [1.82, 2.24) is 0 Å². The maximum atomic E-state index is 11.0. The molecule has 1 aromatic rings. The van der Waals surface area contributed by atoms with Gasteiger partial charge in [-0.3, -0.25) is 14.9 Å². The van der Waals surface area contributed by atoms with Crippen molar-refractivity contribution in [2.24, 2.45) is 0 Å². The van der Waals surface area contributed by atoms with Gasteiger partial charge in [0.2, 0.25) is 5.24 Å². The molecule has 0 N–H and O–H groups in total. The Morgan fingerprint density at radius 3 is 2.75 bits per heavy atom. The summed E-state index contributed by atoms with van der Waals surface area (Å²) < 4.78 is 0. The quantitative estimate of drug-likeness (QED) is 0.351. The zero-order valence-electron chi connectivity index (χ0n) is 8.64. The standard InChI is InChI=1S/C11H10ClNO3/c1-2-9(11(12)14)6-8-4-3-5-10(7-8)13(15)16/h3-7H,2H2,1H3/b9-6-. The van der Waals surface area contributed by atoms with E-state index >= 15 is 0 Å². The summed E-state index contributed by atoms with van der Waals surface area (Å²) in [6, 6.07) is 6.04. The topological polar surface area (TPSA) is 60.2 Å². The second-order valence-corrected chi connectivity index (χ2v) is 3.49. The van der Waals surface area contributed by atoms with Crippen LogP contribution in [0.1, 0.15) is 18.9 Å². The van der Waals surface area contributed by atoms with Crippen LogP contribution in [-0.2, 0) is 4.79 Å². The van der Waals surface area contributed by atoms with Crippen LogP contribution in [0.25, 0.3) is 6.08 Å². The van der Waals surface area contributed by atoms with E-state index in [4.69, 9.17) is 11.6 Å². The van der Waals surface area contributed by atoms with E-state index in [0.29, 0.717) is 17.6 Å². The Bertz CT molecular complexity index is 454. The zero-order valence-corrected chi connectivity index (χ0v) is 9.40. The van der Waals surface area contributed by atoms with Crippen LogP contribution in [0.5, 0.6) is 0 Å². The van der Waals surface area contributed by atoms with Gasteiger partial charge in [-0.25, -0.2) is 0 Å². The van der Waals surface area contributed by atoms with E-state index in [1.165, 1.54) is 12.1 Å². The number of halogens is 1. The molecule has 0 fully saturated rings. The van der Waals surface area contributed by atoms with Gasteiger partial charge in [-0.05, 0) is 29.7 Å². The third kappa shape index (κ3) is 3.17. The molecule has 0 atom stereocenters. The van der Waals surface area contributed by atoms with Gasteiger partial charge < -0.3 is 0 Å². The van der Waals surface area contributed by atoms with Crippen molar-refractivity contribution in [3.63, 3.8) is 0 Å². The van der Waals surface area contributed by atoms with Crippen molar-refractivity contribution in [3.8, 4) is 0 Å². The van der Waals surface area contributed by atoms with Crippen molar-refractivity contribution in [2.45, 2.75) is 13.3 Å². The van der Waals surface area contributed by atoms with Crippen LogP contribution in [0.2, 0.25) is 0 Å². The predicted molar refractivity (Wildman–Crippen MR) is 62.2 cm³/mol. The summed E-state index contributed by atoms with van der Waals surface area (Å²) in [4.78, 5) is 21.0. The molecule has 0 aliphatic carbocycles. The molecule has 0 aromatic heterocycles. The molecule has 0 bridgehead atoms. The van der Waals surface area contributed by atoms with E-state index in [9.17, 15) is 14.9 Å². The van der Waals surface area contributed by atoms with Crippen LogP contribution in [0.4, 0.5) is 5.69 Å². The van der Waals surface area contributed by atoms with Gasteiger partial charge in [0, 0.05) is 17.7 Å². The number of hydrogen-bond acceptors (Lipinski definition) is 3. The lowest BCUT2D eigenvalue weighted by molar-refractivity contribution is -0.384. The highest BCUT2D eigenvalue weighted by Gasteiger charge is 2.07. The van der Waals surface area contributed by atoms with Crippen molar-refractivity contribution in [3.05, 3.63) is 45.5 Å². The first kappa shape index (κ1) is 12.4. The van der Waals surface area contributed by atoms with Crippen molar-refractivity contribution < 1.29 is 9.72 Å². The van der Waals surface area contributed by atoms with Gasteiger partial charge in [0.25, 0.3) is 5.69 Å². The third-order valence-corrected chi connectivity index (χ3v) is 2.30. The zero-order chi connectivity index (χ0) is 12.1. The maximum Gasteiger partial charge on any atom is 0.270 e. The fraction of sp³-hybridized carbons (Fsp3) is 0.182. The van der Waals surface area contributed by atoms with Crippen LogP contribution in [0.15, 0.2) is 29.8 Å². The van der Waals surface area contributed by atoms with Crippen LogP contribution in [0, 0.1) is 10.1 Å². The Balaban J connectivity index is 3.09. The SMILES string of the molecule is CC/C(=C/c1cccc([N+](=O)[O-])c1)C(=O)Cl. The van der Waals surface area contributed by atoms with Gasteiger partial charge in [0.05, 0.1) is 4.92 Å². The number of rotatable bonds is 4. The molecule has 1 rings (SSSR count). The Hall–Kier alpha value is -1.68. The molecule has 0 spiro atoms. The number of carbonyl (C=O) groups is 1. The number of non-ortho nitro benzene ring substituents is 1. The molecule has 0 unspecified atom stereocenters. The fourth-order valence-corrected chi connectivity index (χ4v) is 1.42. The molecule has 0 amide bonds. The number of nitrogens with zero attached hydrogens (tertiary/aromatic N) is 1. The molecule has 0 saturated heterocycles. The molecule has 0 radical (unpaired) electrons. The second-order valence-electron chi connectivity index (χ2n) is 3.15. The van der Waals surface area contributed by atoms with Crippen molar-refractivity contribution in [2.75, 3.05) is 0 Å². The van der Waals surface area contributed by atoms with Crippen LogP contribution in [0.3, 0.4) is 0 Å². The number of allylic oxidation sites excluding steroid dienone is 1. The maximum absolute atomic E-state index is 11.0. The van der Waals surface area contributed by atoms with Gasteiger partial charge in [-0.15, -0.1) is 0 Å². The minimum Gasteiger partial charge on any atom is -0.276 e. The number of hydrogen-bond donors (Lipinski definition) is 0. The molecule has 4 nitrogen and oxygen atoms in total. The van der Waals surface area contributed by atoms with Gasteiger partial charge in [-0.2, -0.15) is 0 Å². The molecule has 1 aromatic carbocycles. The van der Waals surface area contributed by atoms with E-state index in [2.05, 4.69) is 0 Å². The van der Waals surface area contributed by atoms with Gasteiger partial charge in [0.15, 0.2) is 0 Å². The Morgan fingerprint density at radius 1 is 1.56 bits per heavy atom. The lowest BCUT2D eigenvalue weighted by Crippen LogP contribution is -1.92. The van der Waals surface area contributed by atoms with Crippen LogP contribution < -0.4 is 0 Å². The van der Waals surface area contributed by atoms with Gasteiger partial charge in [-0.1, -0.05) is 19.1 Å². The van der Waals surface area contributed by atoms with Crippen LogP contribution >= 0.6 is 11.6 Å². The molecule has 0 aliphatic rings. The summed E-state index contributed by atoms with van der Waals surface area (Å²) in [7, 11) is 0. The van der Waals surface area contributed by atoms with Gasteiger partial charge >= 0.3 is 0 Å². The van der Waals surface area contributed by atoms with E-state index in [-0.39, 0.29) is 5.69 Å². The normalized spacial score (nSPS) is 11.2. The Kier molecular flexibility index (Phi) is 4.19. The average Bonchev–Trinajstić information content (AvgIpc) is 2.25. The molecule has 0 heterocycles. The predicted octanol–water partition coefficient (Wildman–Crippen LogP) is 3.15. The Labute approximate surface area is 97.7 Å². The average molecular weight is 240 g/mol. The molecular formula is C11H10ClNO3. The summed E-state index contributed by atoms with van der Waals surface area (Å²) >= 11 is 5.36. The first-order valence-electron chi connectivity index (χ1n) is 4.69. The van der Waals surface area contributed by atoms with Crippen molar-refractivity contribution >= 4 is 28.6 Å². The molecule has 84 valence electrons. The highest BCUT2D eigenvalue weighted by molar-refractivity contribution is 6.68. The number of nitro benzene ring substituents is 1. The Morgan fingerprint density at radius 2 is 2.25 bits per heavy atom. The monoisotopic (exact) mass is 239 g/mol. The highest BCUT2D eigenvalue weighted by Crippen LogP contribution is 2.17. The molecule has 5 heteroatoms. The minimum absolute atomic E-state index is 0.00813. The molecule has 0 aliphatic heterocycles. The lowest BCUT2D eigenvalue weighted by Gasteiger charge is -1.98. The summed E-state index contributed by atoms with van der Waals surface area (Å²) in [6.07, 6.45) is 2.05. The summed E-state index contributed by atoms with van der Waals surface area (Å²) in [6.45, 7) is 1.80. The first-order valence-corrected chi connectivity index (χ1v) is 5.07. The summed E-state index contributed by atoms with van der Waals surface area (Å²) in [5.74, 6) is 0. The molecular weight excluding hydrogens is 230 g/mol. The number of benzene rings is 1. The summed E-state index contributed by atoms with van der Waals surface area (Å²) in [5, 5.41) is 10.0. The first-order chi connectivity index (χ1) is 7.54. The van der Waals surface area contributed by atoms with Gasteiger partial charge in [0.1, 0.15) is 0 Å². The second kappa shape index (κ2) is 5.42. The van der Waals surface area contributed by atoms with E-state index in [0.717, 1.165) is 0 Å². The molecule has 0 saturated carbocycles. The molecule has 16 heavy (non-hydrogen) atoms. The lowest BCUT2D eigenvalue weighted by atomic mass is 10.1. The van der Waals surface area contributed by atoms with E-state index in [1.54, 1.807) is 25.1 Å². The van der Waals surface area contributed by atoms with E-state index in [1.807, 2.05) is 0 Å². The minimum atomic E-state index is -0.533. The third-order valence-electron chi connectivity index (χ3n) is 2.06. The van der Waals surface area contributed by atoms with Crippen LogP contribution in [-0.4, -0.2) is 10.2 Å². The highest BCUT2D eigenvalue weighted by atomic mass is 35.5. The smallest absolute Gasteiger partial charge is 0.270 e. The fourth-order valence-electron chi connectivity index (χ4n) is 1.23. The largest absolute Gasteiger partial charge is 0.276 e. The summed E-state index contributed by atoms with van der Waals surface area (Å²) in [5.41, 5.74) is 1.02. The van der Waals surface area contributed by atoms with E-state index < -0.39 is 10.2 Å².